The second-order valence-corrected chi connectivity index (χ2v) is 12.2. The van der Waals surface area contributed by atoms with Crippen LogP contribution in [0.3, 0.4) is 0 Å². The summed E-state index contributed by atoms with van der Waals surface area (Å²) in [6.07, 6.45) is 2.03. The molecule has 7 rings (SSSR count). The number of amides is 3. The largest absolute Gasteiger partial charge is 0.496 e. The van der Waals surface area contributed by atoms with Crippen LogP contribution in [0.4, 0.5) is 25.2 Å². The zero-order chi connectivity index (χ0) is 37.6. The van der Waals surface area contributed by atoms with Crippen molar-refractivity contribution in [2.75, 3.05) is 59.1 Å². The number of methoxy groups -OCH3 is 3. The summed E-state index contributed by atoms with van der Waals surface area (Å²) in [7, 11) is 8.51. The van der Waals surface area contributed by atoms with Gasteiger partial charge in [-0.1, -0.05) is 6.07 Å². The average molecular weight is 739 g/mol. The Kier molecular flexibility index (Phi) is 10.9. The highest BCUT2D eigenvalue weighted by Crippen LogP contribution is 2.40. The number of H-pyrrole nitrogens is 2. The maximum atomic E-state index is 13.6. The van der Waals surface area contributed by atoms with E-state index in [2.05, 4.69) is 46.1 Å². The SMILES string of the molecule is COc1cccc(OC)c1-c1[nH]nc2nc(NC(=O)C3CC3F)ccc12.COc1ncc(F)cc1-c1c[nH]c2nc(NC(=O)NCCN(C)C)ccc12.[HH].[HH].[HH].[HH].[HH]. The molecule has 2 atom stereocenters. The van der Waals surface area contributed by atoms with Gasteiger partial charge in [0.25, 0.3) is 0 Å². The average Bonchev–Trinajstić information content (AvgIpc) is 3.53. The predicted octanol–water partition coefficient (Wildman–Crippen LogP) is 6.62. The molecule has 5 aromatic heterocycles. The van der Waals surface area contributed by atoms with E-state index in [4.69, 9.17) is 14.2 Å². The number of nitrogens with one attached hydrogen (secondary N) is 5. The van der Waals surface area contributed by atoms with Crippen LogP contribution < -0.4 is 30.2 Å². The summed E-state index contributed by atoms with van der Waals surface area (Å²) in [5.74, 6) is 0.950. The molecule has 0 bridgehead atoms. The number of pyridine rings is 3. The van der Waals surface area contributed by atoms with Crippen LogP contribution in [0.2, 0.25) is 0 Å². The summed E-state index contributed by atoms with van der Waals surface area (Å²) >= 11 is 0. The Morgan fingerprint density at radius 2 is 1.66 bits per heavy atom. The number of ether oxygens (including phenoxy) is 3. The van der Waals surface area contributed by atoms with Crippen LogP contribution in [0.1, 0.15) is 13.6 Å². The number of urea groups is 1. The van der Waals surface area contributed by atoms with Gasteiger partial charge in [-0.05, 0) is 63.0 Å². The van der Waals surface area contributed by atoms with Crippen molar-refractivity contribution in [2.45, 2.75) is 12.6 Å². The summed E-state index contributed by atoms with van der Waals surface area (Å²) in [5.41, 5.74) is 3.65. The number of aromatic amines is 2. The number of anilines is 2. The number of aromatic nitrogens is 6. The molecule has 5 heterocycles. The minimum absolute atomic E-state index is 0. The van der Waals surface area contributed by atoms with E-state index in [9.17, 15) is 18.4 Å². The van der Waals surface area contributed by atoms with Crippen molar-refractivity contribution < 1.29 is 39.7 Å². The van der Waals surface area contributed by atoms with Crippen molar-refractivity contribution in [3.05, 3.63) is 66.7 Å². The molecule has 1 aliphatic rings. The van der Waals surface area contributed by atoms with Gasteiger partial charge in [0, 0.05) is 48.3 Å². The summed E-state index contributed by atoms with van der Waals surface area (Å²) in [4.78, 5) is 41.5. The van der Waals surface area contributed by atoms with Crippen molar-refractivity contribution >= 4 is 45.6 Å². The molecular weight excluding hydrogens is 690 g/mol. The maximum Gasteiger partial charge on any atom is 0.320 e. The second kappa shape index (κ2) is 15.9. The number of fused-ring (bicyclic) bond motifs is 2. The van der Waals surface area contributed by atoms with Gasteiger partial charge in [-0.25, -0.2) is 28.5 Å². The molecular formula is C36H48F2N10O5. The summed E-state index contributed by atoms with van der Waals surface area (Å²) in [5, 5.41) is 16.8. The lowest BCUT2D eigenvalue weighted by Gasteiger charge is -2.11. The van der Waals surface area contributed by atoms with Crippen molar-refractivity contribution in [3.8, 4) is 39.8 Å². The lowest BCUT2D eigenvalue weighted by Crippen LogP contribution is -2.34. The van der Waals surface area contributed by atoms with Crippen LogP contribution in [0, 0.1) is 11.7 Å². The van der Waals surface area contributed by atoms with E-state index in [1.807, 2.05) is 37.2 Å². The fourth-order valence-electron chi connectivity index (χ4n) is 5.54. The number of rotatable bonds is 11. The Bertz CT molecular complexity index is 2260. The predicted molar refractivity (Wildman–Crippen MR) is 206 cm³/mol. The summed E-state index contributed by atoms with van der Waals surface area (Å²) in [6, 6.07) is 13.5. The van der Waals surface area contributed by atoms with Crippen LogP contribution in [0.15, 0.2) is 60.9 Å². The Labute approximate surface area is 309 Å². The van der Waals surface area contributed by atoms with E-state index in [1.165, 1.54) is 13.2 Å². The van der Waals surface area contributed by atoms with Gasteiger partial charge in [-0.2, -0.15) is 5.10 Å². The van der Waals surface area contributed by atoms with E-state index in [-0.39, 0.29) is 25.5 Å². The fourth-order valence-corrected chi connectivity index (χ4v) is 5.54. The molecule has 5 N–H and O–H groups in total. The lowest BCUT2D eigenvalue weighted by molar-refractivity contribution is -0.117. The van der Waals surface area contributed by atoms with E-state index < -0.39 is 17.9 Å². The van der Waals surface area contributed by atoms with Crippen LogP contribution in [-0.4, -0.2) is 102 Å². The minimum atomic E-state index is -1.05. The van der Waals surface area contributed by atoms with E-state index in [0.29, 0.717) is 63.7 Å². The van der Waals surface area contributed by atoms with Gasteiger partial charge in [0.2, 0.25) is 11.8 Å². The Hall–Kier alpha value is -6.36. The van der Waals surface area contributed by atoms with Crippen LogP contribution in [-0.2, 0) is 4.79 Å². The number of carbonyl (C=O) groups excluding carboxylic acids is 2. The third-order valence-electron chi connectivity index (χ3n) is 8.32. The van der Waals surface area contributed by atoms with E-state index >= 15 is 0 Å². The highest BCUT2D eigenvalue weighted by atomic mass is 19.1. The van der Waals surface area contributed by atoms with Gasteiger partial charge < -0.3 is 34.7 Å². The number of benzene rings is 1. The number of likely N-dealkylation sites (N-methyl/N-ethyl adjacent to an activating group) is 1. The molecule has 0 saturated heterocycles. The van der Waals surface area contributed by atoms with Gasteiger partial charge in [-0.3, -0.25) is 15.2 Å². The Morgan fingerprint density at radius 3 is 2.32 bits per heavy atom. The maximum absolute atomic E-state index is 13.6. The fraction of sp³-hybridized carbons (Fsp3) is 0.278. The number of hydrogen-bond donors (Lipinski definition) is 5. The molecule has 1 saturated carbocycles. The zero-order valence-corrected chi connectivity index (χ0v) is 29.6. The molecule has 2 unspecified atom stereocenters. The number of alkyl halides is 1. The first-order valence-electron chi connectivity index (χ1n) is 16.5. The van der Waals surface area contributed by atoms with Gasteiger partial charge >= 0.3 is 6.03 Å². The van der Waals surface area contributed by atoms with Crippen molar-refractivity contribution in [1.82, 2.24) is 40.3 Å². The Morgan fingerprint density at radius 1 is 0.962 bits per heavy atom. The van der Waals surface area contributed by atoms with Crippen molar-refractivity contribution in [1.29, 1.82) is 0 Å². The molecule has 1 fully saturated rings. The quantitative estimate of drug-likeness (QED) is 0.0968. The van der Waals surface area contributed by atoms with Crippen molar-refractivity contribution in [2.24, 2.45) is 5.92 Å². The Balaban J connectivity index is 0.000000534. The van der Waals surface area contributed by atoms with Gasteiger partial charge in [0.05, 0.1) is 44.7 Å². The molecule has 286 valence electrons. The van der Waals surface area contributed by atoms with Gasteiger partial charge in [0.1, 0.15) is 40.8 Å². The molecule has 15 nitrogen and oxygen atoms in total. The molecule has 6 aromatic rings. The molecule has 3 amide bonds. The van der Waals surface area contributed by atoms with Gasteiger partial charge in [-0.15, -0.1) is 0 Å². The molecule has 1 aromatic carbocycles. The molecule has 1 aliphatic carbocycles. The minimum Gasteiger partial charge on any atom is -0.496 e. The third-order valence-corrected chi connectivity index (χ3v) is 8.32. The first kappa shape index (κ1) is 36.4. The third kappa shape index (κ3) is 8.25. The molecule has 0 radical (unpaired) electrons. The first-order chi connectivity index (χ1) is 25.6. The molecule has 17 heteroatoms. The lowest BCUT2D eigenvalue weighted by atomic mass is 10.1. The zero-order valence-electron chi connectivity index (χ0n) is 29.6. The van der Waals surface area contributed by atoms with Crippen LogP contribution in [0.5, 0.6) is 17.4 Å². The highest BCUT2D eigenvalue weighted by Gasteiger charge is 2.43. The topological polar surface area (TPSA) is 184 Å². The number of carbonyl (C=O) groups is 2. The second-order valence-electron chi connectivity index (χ2n) is 12.2. The number of halogens is 2. The first-order valence-corrected chi connectivity index (χ1v) is 16.5. The molecule has 53 heavy (non-hydrogen) atoms. The van der Waals surface area contributed by atoms with Crippen molar-refractivity contribution in [3.63, 3.8) is 0 Å². The van der Waals surface area contributed by atoms with Crippen LogP contribution in [0.25, 0.3) is 44.5 Å². The monoisotopic (exact) mass is 738 g/mol. The normalized spacial score (nSPS) is 14.7. The molecule has 0 aliphatic heterocycles. The van der Waals surface area contributed by atoms with E-state index in [0.717, 1.165) is 29.1 Å². The van der Waals surface area contributed by atoms with Crippen LogP contribution >= 0.6 is 0 Å². The standard InChI is InChI=1S/C18H21FN6O2.C18H17FN4O3.5H2/c1-25(2)7-6-20-18(26)24-15-5-4-12-14(10-21-16(12)23-15)13-8-11(19)9-22-17(13)27-3;1-25-12-4-3-5-13(26-2)15(12)16-9-6-7-14(20-17(9)23-22-16)21-18(24)10-8-11(10)19;;;;;/h4-5,8-10H,6-7H2,1-3H3,(H3,20,21,23,24,26);3-7,10-11H,8H2,1-2H3,(H2,20,21,22,23,24);5*1H. The summed E-state index contributed by atoms with van der Waals surface area (Å²) in [6.45, 7) is 1.27. The summed E-state index contributed by atoms with van der Waals surface area (Å²) < 4.78 is 42.7. The number of nitrogens with zero attached hydrogens (tertiary/aromatic N) is 5. The molecule has 0 spiro atoms. The smallest absolute Gasteiger partial charge is 0.320 e. The van der Waals surface area contributed by atoms with Gasteiger partial charge in [0.15, 0.2) is 5.65 Å². The van der Waals surface area contributed by atoms with E-state index in [1.54, 1.807) is 44.7 Å². The highest BCUT2D eigenvalue weighted by molar-refractivity contribution is 5.99. The number of hydrogen-bond acceptors (Lipinski definition) is 10.